The Morgan fingerprint density at radius 1 is 1.07 bits per heavy atom. The molecule has 2 aromatic heterocycles. The third kappa shape index (κ3) is 6.30. The van der Waals surface area contributed by atoms with E-state index in [4.69, 9.17) is 9.47 Å². The van der Waals surface area contributed by atoms with Gasteiger partial charge in [0.1, 0.15) is 0 Å². The number of tetrazole rings is 1. The molecular weight excluding hydrogens is 548 g/mol. The maximum atomic E-state index is 13.9. The summed E-state index contributed by atoms with van der Waals surface area (Å²) < 4.78 is 14.4. The molecule has 0 radical (unpaired) electrons. The molecule has 43 heavy (non-hydrogen) atoms. The van der Waals surface area contributed by atoms with E-state index in [0.717, 1.165) is 47.2 Å². The third-order valence-corrected chi connectivity index (χ3v) is 7.61. The fraction of sp³-hybridized carbons (Fsp3) is 0.438. The minimum atomic E-state index is -1.06. The summed E-state index contributed by atoms with van der Waals surface area (Å²) in [5.41, 5.74) is 4.55. The van der Waals surface area contributed by atoms with Crippen molar-refractivity contribution in [2.24, 2.45) is 5.41 Å². The molecule has 2 atom stereocenters. The molecule has 11 heteroatoms. The van der Waals surface area contributed by atoms with Crippen LogP contribution in [0.1, 0.15) is 76.7 Å². The molecule has 0 saturated carbocycles. The van der Waals surface area contributed by atoms with Crippen LogP contribution in [-0.2, 0) is 38.4 Å². The van der Waals surface area contributed by atoms with Gasteiger partial charge in [-0.1, -0.05) is 61.9 Å². The van der Waals surface area contributed by atoms with Crippen LogP contribution in [0.25, 0.3) is 22.5 Å². The Balaban J connectivity index is 1.40. The van der Waals surface area contributed by atoms with Gasteiger partial charge in [-0.05, 0) is 61.9 Å². The number of aromatic nitrogens is 6. The second-order valence-electron chi connectivity index (χ2n) is 11.9. The minimum absolute atomic E-state index is 0.184. The molecular formula is C32H38N6O5. The van der Waals surface area contributed by atoms with Crippen LogP contribution in [-0.4, -0.2) is 48.2 Å². The molecule has 0 saturated heterocycles. The SMILES string of the molecule is CCCc1c(Cc2ccc(-c3ccccc3-c3nn[nH]n3)cc2)c(=O)n2n1CCCC2C(=O)OC(C)OC(=O)C(C)(C)C. The van der Waals surface area contributed by atoms with Crippen molar-refractivity contribution in [3.8, 4) is 22.5 Å². The highest BCUT2D eigenvalue weighted by Crippen LogP contribution is 2.31. The number of fused-ring (bicyclic) bond motifs is 1. The Morgan fingerprint density at radius 2 is 1.79 bits per heavy atom. The molecule has 5 rings (SSSR count). The topological polar surface area (TPSA) is 134 Å². The number of hydrogen-bond donors (Lipinski definition) is 1. The Morgan fingerprint density at radius 3 is 2.44 bits per heavy atom. The first kappa shape index (κ1) is 29.9. The average molecular weight is 587 g/mol. The van der Waals surface area contributed by atoms with Crippen LogP contribution in [0.2, 0.25) is 0 Å². The largest absolute Gasteiger partial charge is 0.425 e. The fourth-order valence-electron chi connectivity index (χ4n) is 5.48. The van der Waals surface area contributed by atoms with E-state index in [1.165, 1.54) is 6.92 Å². The van der Waals surface area contributed by atoms with Crippen LogP contribution in [0.3, 0.4) is 0 Å². The predicted molar refractivity (Wildman–Crippen MR) is 160 cm³/mol. The van der Waals surface area contributed by atoms with Crippen LogP contribution in [0.5, 0.6) is 0 Å². The maximum Gasteiger partial charge on any atom is 0.334 e. The molecule has 1 N–H and O–H groups in total. The minimum Gasteiger partial charge on any atom is -0.425 e. The van der Waals surface area contributed by atoms with E-state index in [0.29, 0.717) is 30.8 Å². The Bertz CT molecular complexity index is 1650. The van der Waals surface area contributed by atoms with Crippen molar-refractivity contribution in [3.63, 3.8) is 0 Å². The number of nitrogens with one attached hydrogen (secondary N) is 1. The van der Waals surface area contributed by atoms with E-state index >= 15 is 0 Å². The first-order valence-corrected chi connectivity index (χ1v) is 14.7. The molecule has 4 aromatic rings. The lowest BCUT2D eigenvalue weighted by molar-refractivity contribution is -0.193. The van der Waals surface area contributed by atoms with Gasteiger partial charge in [0.25, 0.3) is 5.56 Å². The zero-order valence-corrected chi connectivity index (χ0v) is 25.3. The number of H-pyrrole nitrogens is 1. The number of rotatable bonds is 9. The number of carbonyl (C=O) groups is 2. The highest BCUT2D eigenvalue weighted by molar-refractivity contribution is 5.80. The summed E-state index contributed by atoms with van der Waals surface area (Å²) in [4.78, 5) is 39.5. The Kier molecular flexibility index (Phi) is 8.61. The van der Waals surface area contributed by atoms with E-state index in [2.05, 4.69) is 27.5 Å². The van der Waals surface area contributed by atoms with Gasteiger partial charge in [0.2, 0.25) is 12.1 Å². The lowest BCUT2D eigenvalue weighted by atomic mass is 9.96. The van der Waals surface area contributed by atoms with Crippen LogP contribution in [0, 0.1) is 5.41 Å². The van der Waals surface area contributed by atoms with E-state index in [1.807, 2.05) is 53.2 Å². The molecule has 3 heterocycles. The number of ether oxygens (including phenoxy) is 2. The van der Waals surface area contributed by atoms with E-state index in [9.17, 15) is 14.4 Å². The normalized spacial score (nSPS) is 15.5. The lowest BCUT2D eigenvalue weighted by Crippen LogP contribution is -2.39. The summed E-state index contributed by atoms with van der Waals surface area (Å²) in [6.45, 7) is 9.44. The number of esters is 2. The van der Waals surface area contributed by atoms with Crippen LogP contribution >= 0.6 is 0 Å². The smallest absolute Gasteiger partial charge is 0.334 e. The van der Waals surface area contributed by atoms with Gasteiger partial charge < -0.3 is 9.47 Å². The molecule has 11 nitrogen and oxygen atoms in total. The second kappa shape index (κ2) is 12.4. The number of aromatic amines is 1. The molecule has 0 aliphatic carbocycles. The van der Waals surface area contributed by atoms with Crippen LogP contribution in [0.15, 0.2) is 53.3 Å². The van der Waals surface area contributed by atoms with Gasteiger partial charge in [-0.2, -0.15) is 5.21 Å². The van der Waals surface area contributed by atoms with Gasteiger partial charge >= 0.3 is 11.9 Å². The number of hydrogen-bond acceptors (Lipinski definition) is 8. The van der Waals surface area contributed by atoms with E-state index in [1.54, 1.807) is 25.5 Å². The molecule has 0 fully saturated rings. The molecule has 0 bridgehead atoms. The van der Waals surface area contributed by atoms with Crippen molar-refractivity contribution < 1.29 is 19.1 Å². The Hall–Kier alpha value is -4.54. The quantitative estimate of drug-likeness (QED) is 0.217. The van der Waals surface area contributed by atoms with Gasteiger partial charge in [0.05, 0.1) is 5.41 Å². The highest BCUT2D eigenvalue weighted by atomic mass is 16.7. The van der Waals surface area contributed by atoms with Crippen molar-refractivity contribution in [2.75, 3.05) is 0 Å². The summed E-state index contributed by atoms with van der Waals surface area (Å²) >= 11 is 0. The van der Waals surface area contributed by atoms with Crippen molar-refractivity contribution in [1.82, 2.24) is 30.0 Å². The summed E-state index contributed by atoms with van der Waals surface area (Å²) in [7, 11) is 0. The molecule has 0 spiro atoms. The van der Waals surface area contributed by atoms with Gasteiger partial charge in [-0.3, -0.25) is 14.3 Å². The van der Waals surface area contributed by atoms with Gasteiger partial charge in [0, 0.05) is 36.7 Å². The van der Waals surface area contributed by atoms with Gasteiger partial charge in [-0.15, -0.1) is 10.2 Å². The first-order chi connectivity index (χ1) is 20.6. The van der Waals surface area contributed by atoms with Crippen molar-refractivity contribution in [2.45, 2.75) is 85.6 Å². The van der Waals surface area contributed by atoms with Crippen molar-refractivity contribution in [1.29, 1.82) is 0 Å². The number of nitrogens with zero attached hydrogens (tertiary/aromatic N) is 5. The van der Waals surface area contributed by atoms with Crippen molar-refractivity contribution >= 4 is 11.9 Å². The zero-order chi connectivity index (χ0) is 30.7. The molecule has 1 aliphatic rings. The van der Waals surface area contributed by atoms with Crippen molar-refractivity contribution in [3.05, 3.63) is 75.7 Å². The molecule has 226 valence electrons. The van der Waals surface area contributed by atoms with E-state index in [-0.39, 0.29) is 5.56 Å². The molecule has 0 amide bonds. The standard InChI is InChI=1S/C32H38N6O5/c1-6-10-26-25(19-21-14-16-22(17-15-21)23-11-7-8-12-24(23)28-33-35-36-34-28)29(39)38-27(13-9-18-37(26)38)30(40)42-20(2)43-31(41)32(3,4)5/h7-8,11-12,14-17,20,27H,6,9-10,13,18-19H2,1-5H3,(H,33,34,35,36). The first-order valence-electron chi connectivity index (χ1n) is 14.7. The summed E-state index contributed by atoms with van der Waals surface area (Å²) in [6, 6.07) is 15.2. The van der Waals surface area contributed by atoms with Crippen LogP contribution < -0.4 is 5.56 Å². The second-order valence-corrected chi connectivity index (χ2v) is 11.9. The summed E-state index contributed by atoms with van der Waals surface area (Å²) in [6.07, 6.45) is 2.16. The van der Waals surface area contributed by atoms with Gasteiger partial charge in [-0.25, -0.2) is 9.48 Å². The molecule has 2 unspecified atom stereocenters. The molecule has 2 aromatic carbocycles. The number of carbonyl (C=O) groups excluding carboxylic acids is 2. The van der Waals surface area contributed by atoms with Crippen LogP contribution in [0.4, 0.5) is 0 Å². The zero-order valence-electron chi connectivity index (χ0n) is 25.3. The molecule has 1 aliphatic heterocycles. The lowest BCUT2D eigenvalue weighted by Gasteiger charge is -2.28. The van der Waals surface area contributed by atoms with Gasteiger partial charge in [0.15, 0.2) is 6.04 Å². The summed E-state index contributed by atoms with van der Waals surface area (Å²) in [5, 5.41) is 14.4. The third-order valence-electron chi connectivity index (χ3n) is 7.61. The fourth-order valence-corrected chi connectivity index (χ4v) is 5.48. The van der Waals surface area contributed by atoms with E-state index < -0.39 is 29.7 Å². The predicted octanol–water partition coefficient (Wildman–Crippen LogP) is 4.85. The maximum absolute atomic E-state index is 13.9. The number of benzene rings is 2. The highest BCUT2D eigenvalue weighted by Gasteiger charge is 2.34. The average Bonchev–Trinajstić information content (AvgIpc) is 3.61. The monoisotopic (exact) mass is 586 g/mol. The summed E-state index contributed by atoms with van der Waals surface area (Å²) in [5.74, 6) is -0.520. The Labute approximate surface area is 250 Å².